The molecule has 2 aromatic heterocycles. The van der Waals surface area contributed by atoms with Crippen molar-refractivity contribution in [1.29, 1.82) is 0 Å². The quantitative estimate of drug-likeness (QED) is 0.793. The number of nitrogens with zero attached hydrogens (tertiary/aromatic N) is 5. The fourth-order valence-corrected chi connectivity index (χ4v) is 1.64. The zero-order valence-corrected chi connectivity index (χ0v) is 13.6. The first-order chi connectivity index (χ1) is 11.0. The first-order valence-electron chi connectivity index (χ1n) is 7.04. The van der Waals surface area contributed by atoms with Gasteiger partial charge in [-0.3, -0.25) is 4.79 Å². The van der Waals surface area contributed by atoms with E-state index in [0.717, 1.165) is 0 Å². The molecule has 0 atom stereocenters. The summed E-state index contributed by atoms with van der Waals surface area (Å²) < 4.78 is 5.12. The van der Waals surface area contributed by atoms with Gasteiger partial charge in [-0.25, -0.2) is 0 Å². The van der Waals surface area contributed by atoms with E-state index >= 15 is 0 Å². The van der Waals surface area contributed by atoms with Crippen LogP contribution >= 0.6 is 0 Å². The Morgan fingerprint density at radius 2 is 1.83 bits per heavy atom. The highest BCUT2D eigenvalue weighted by atomic mass is 16.3. The minimum atomic E-state index is -0.250. The van der Waals surface area contributed by atoms with Crippen LogP contribution in [0.2, 0.25) is 0 Å². The fourth-order valence-electron chi connectivity index (χ4n) is 1.64. The maximum Gasteiger partial charge on any atom is 0.244 e. The van der Waals surface area contributed by atoms with Gasteiger partial charge in [0.15, 0.2) is 5.82 Å². The maximum atomic E-state index is 11.8. The van der Waals surface area contributed by atoms with Crippen LogP contribution in [0.25, 0.3) is 6.08 Å². The van der Waals surface area contributed by atoms with E-state index in [-0.39, 0.29) is 12.5 Å². The molecular formula is C15H20N6O2. The highest BCUT2D eigenvalue weighted by molar-refractivity contribution is 5.91. The summed E-state index contributed by atoms with van der Waals surface area (Å²) in [6, 6.07) is 3.52. The summed E-state index contributed by atoms with van der Waals surface area (Å²) in [5.41, 5.74) is 0. The predicted octanol–water partition coefficient (Wildman–Crippen LogP) is 0.926. The van der Waals surface area contributed by atoms with Gasteiger partial charge in [-0.1, -0.05) is 0 Å². The van der Waals surface area contributed by atoms with Gasteiger partial charge in [0.05, 0.1) is 12.8 Å². The van der Waals surface area contributed by atoms with E-state index in [1.54, 1.807) is 34.3 Å². The molecular weight excluding hydrogens is 296 g/mol. The standard InChI is InChI=1S/C15H20N6O2/c1-20(2)14-17-12(18-15(19-14)21(3)4)10-16-13(22)8-7-11-6-5-9-23-11/h5-9H,10H2,1-4H3,(H,16,22)/b8-7+. The molecule has 0 aliphatic carbocycles. The number of anilines is 2. The lowest BCUT2D eigenvalue weighted by atomic mass is 10.4. The van der Waals surface area contributed by atoms with Crippen LogP contribution in [0.3, 0.4) is 0 Å². The molecule has 2 aromatic rings. The van der Waals surface area contributed by atoms with Crippen molar-refractivity contribution in [2.45, 2.75) is 6.54 Å². The van der Waals surface area contributed by atoms with Crippen LogP contribution in [-0.4, -0.2) is 49.0 Å². The molecule has 0 aromatic carbocycles. The Morgan fingerprint density at radius 3 is 2.35 bits per heavy atom. The molecule has 0 radical (unpaired) electrons. The topological polar surface area (TPSA) is 87.4 Å². The van der Waals surface area contributed by atoms with Gasteiger partial charge in [-0.05, 0) is 18.2 Å². The van der Waals surface area contributed by atoms with Gasteiger partial charge < -0.3 is 19.5 Å². The van der Waals surface area contributed by atoms with E-state index in [1.165, 1.54) is 6.08 Å². The average molecular weight is 316 g/mol. The monoisotopic (exact) mass is 316 g/mol. The van der Waals surface area contributed by atoms with Crippen LogP contribution in [0.4, 0.5) is 11.9 Å². The summed E-state index contributed by atoms with van der Waals surface area (Å²) in [7, 11) is 7.40. The van der Waals surface area contributed by atoms with Gasteiger partial charge in [-0.15, -0.1) is 0 Å². The molecule has 0 saturated heterocycles. The second kappa shape index (κ2) is 7.39. The lowest BCUT2D eigenvalue weighted by Gasteiger charge is -2.16. The maximum absolute atomic E-state index is 11.8. The molecule has 23 heavy (non-hydrogen) atoms. The molecule has 2 heterocycles. The zero-order chi connectivity index (χ0) is 16.8. The number of carbonyl (C=O) groups excluding carboxylic acids is 1. The van der Waals surface area contributed by atoms with Gasteiger partial charge in [-0.2, -0.15) is 15.0 Å². The third-order valence-electron chi connectivity index (χ3n) is 2.82. The third-order valence-corrected chi connectivity index (χ3v) is 2.82. The van der Waals surface area contributed by atoms with Gasteiger partial charge in [0, 0.05) is 34.3 Å². The molecule has 8 heteroatoms. The second-order valence-corrected chi connectivity index (χ2v) is 5.21. The number of amides is 1. The average Bonchev–Trinajstić information content (AvgIpc) is 3.04. The Labute approximate surface area is 134 Å². The number of hydrogen-bond donors (Lipinski definition) is 1. The van der Waals surface area contributed by atoms with E-state index in [4.69, 9.17) is 4.42 Å². The van der Waals surface area contributed by atoms with E-state index in [9.17, 15) is 4.79 Å². The normalized spacial score (nSPS) is 10.8. The number of furan rings is 1. The van der Waals surface area contributed by atoms with E-state index < -0.39 is 0 Å². The van der Waals surface area contributed by atoms with Crippen LogP contribution < -0.4 is 15.1 Å². The molecule has 122 valence electrons. The van der Waals surface area contributed by atoms with E-state index in [0.29, 0.717) is 23.5 Å². The molecule has 0 unspecified atom stereocenters. The minimum absolute atomic E-state index is 0.214. The number of carbonyl (C=O) groups is 1. The van der Waals surface area contributed by atoms with Crippen LogP contribution in [0.15, 0.2) is 28.9 Å². The first kappa shape index (κ1) is 16.5. The molecule has 0 fully saturated rings. The Balaban J connectivity index is 2.03. The molecule has 0 spiro atoms. The highest BCUT2D eigenvalue weighted by Gasteiger charge is 2.10. The first-order valence-corrected chi connectivity index (χ1v) is 7.04. The summed E-state index contributed by atoms with van der Waals surface area (Å²) in [6.07, 6.45) is 4.55. The van der Waals surface area contributed by atoms with Crippen molar-refractivity contribution in [3.63, 3.8) is 0 Å². The Morgan fingerprint density at radius 1 is 1.17 bits per heavy atom. The molecule has 2 rings (SSSR count). The molecule has 1 amide bonds. The van der Waals surface area contributed by atoms with Gasteiger partial charge in [0.25, 0.3) is 0 Å². The molecule has 0 saturated carbocycles. The van der Waals surface area contributed by atoms with E-state index in [1.807, 2.05) is 28.2 Å². The van der Waals surface area contributed by atoms with Gasteiger partial charge in [0.2, 0.25) is 17.8 Å². The van der Waals surface area contributed by atoms with Crippen LogP contribution in [0.1, 0.15) is 11.6 Å². The Hall–Kier alpha value is -2.90. The minimum Gasteiger partial charge on any atom is -0.465 e. The Bertz CT molecular complexity index is 653. The molecule has 0 aliphatic rings. The van der Waals surface area contributed by atoms with Crippen molar-refractivity contribution < 1.29 is 9.21 Å². The summed E-state index contributed by atoms with van der Waals surface area (Å²) in [6.45, 7) is 0.214. The summed E-state index contributed by atoms with van der Waals surface area (Å²) in [4.78, 5) is 28.3. The van der Waals surface area contributed by atoms with Crippen LogP contribution in [0.5, 0.6) is 0 Å². The number of hydrogen-bond acceptors (Lipinski definition) is 7. The van der Waals surface area contributed by atoms with Crippen molar-refractivity contribution in [1.82, 2.24) is 20.3 Å². The molecule has 8 nitrogen and oxygen atoms in total. The van der Waals surface area contributed by atoms with Crippen molar-refractivity contribution in [2.75, 3.05) is 38.0 Å². The number of nitrogens with one attached hydrogen (secondary N) is 1. The van der Waals surface area contributed by atoms with Crippen molar-refractivity contribution in [2.24, 2.45) is 0 Å². The van der Waals surface area contributed by atoms with Crippen LogP contribution in [0, 0.1) is 0 Å². The van der Waals surface area contributed by atoms with Gasteiger partial charge >= 0.3 is 0 Å². The SMILES string of the molecule is CN(C)c1nc(CNC(=O)/C=C/c2ccco2)nc(N(C)C)n1. The summed E-state index contributed by atoms with van der Waals surface area (Å²) in [5.74, 6) is 1.94. The van der Waals surface area contributed by atoms with Crippen molar-refractivity contribution in [3.8, 4) is 0 Å². The zero-order valence-electron chi connectivity index (χ0n) is 13.6. The summed E-state index contributed by atoms with van der Waals surface area (Å²) in [5, 5.41) is 2.74. The van der Waals surface area contributed by atoms with Gasteiger partial charge in [0.1, 0.15) is 5.76 Å². The molecule has 0 bridgehead atoms. The fraction of sp³-hybridized carbons (Fsp3) is 0.333. The third kappa shape index (κ3) is 4.80. The lowest BCUT2D eigenvalue weighted by Crippen LogP contribution is -2.25. The molecule has 0 aliphatic heterocycles. The predicted molar refractivity (Wildman–Crippen MR) is 88.1 cm³/mol. The number of rotatable bonds is 6. The second-order valence-electron chi connectivity index (χ2n) is 5.21. The molecule has 1 N–H and O–H groups in total. The van der Waals surface area contributed by atoms with Crippen LogP contribution in [-0.2, 0) is 11.3 Å². The van der Waals surface area contributed by atoms with Crippen molar-refractivity contribution >= 4 is 23.9 Å². The van der Waals surface area contributed by atoms with E-state index in [2.05, 4.69) is 20.3 Å². The highest BCUT2D eigenvalue weighted by Crippen LogP contribution is 2.10. The smallest absolute Gasteiger partial charge is 0.244 e. The lowest BCUT2D eigenvalue weighted by molar-refractivity contribution is -0.116. The number of aromatic nitrogens is 3. The summed E-state index contributed by atoms with van der Waals surface area (Å²) >= 11 is 0. The van der Waals surface area contributed by atoms with Crippen molar-refractivity contribution in [3.05, 3.63) is 36.1 Å². The Kier molecular flexibility index (Phi) is 5.29. The largest absolute Gasteiger partial charge is 0.465 e.